The largest absolute Gasteiger partial charge is 0.487 e. The third-order valence-corrected chi connectivity index (χ3v) is 8.93. The van der Waals surface area contributed by atoms with Gasteiger partial charge in [-0.2, -0.15) is 15.1 Å². The summed E-state index contributed by atoms with van der Waals surface area (Å²) in [6, 6.07) is 6.60. The number of ether oxygens (including phenoxy) is 2. The average molecular weight is 562 g/mol. The summed E-state index contributed by atoms with van der Waals surface area (Å²) in [4.78, 5) is 14.8. The molecule has 2 aromatic carbocycles. The highest BCUT2D eigenvalue weighted by Crippen LogP contribution is 2.48. The quantitative estimate of drug-likeness (QED) is 0.342. The van der Waals surface area contributed by atoms with Gasteiger partial charge in [-0.25, -0.2) is 0 Å². The van der Waals surface area contributed by atoms with E-state index >= 15 is 0 Å². The van der Waals surface area contributed by atoms with Crippen LogP contribution in [0.15, 0.2) is 24.4 Å². The zero-order chi connectivity index (χ0) is 27.2. The van der Waals surface area contributed by atoms with Crippen LogP contribution in [0.3, 0.4) is 0 Å². The van der Waals surface area contributed by atoms with Crippen molar-refractivity contribution in [3.05, 3.63) is 35.0 Å². The number of hydrogen-bond donors (Lipinski definition) is 2. The number of anilines is 1. The molecule has 9 nitrogen and oxygen atoms in total. The lowest BCUT2D eigenvalue weighted by Crippen LogP contribution is -2.44. The molecule has 3 fully saturated rings. The molecular formula is C30H36ClN7O2. The number of nitrogens with zero attached hydrogens (tertiary/aromatic N) is 5. The Labute approximate surface area is 239 Å². The summed E-state index contributed by atoms with van der Waals surface area (Å²) in [5, 5.41) is 13.4. The number of nitrogens with one attached hydrogen (secondary N) is 2. The molecular weight excluding hydrogens is 526 g/mol. The van der Waals surface area contributed by atoms with Crippen molar-refractivity contribution in [2.75, 3.05) is 51.2 Å². The van der Waals surface area contributed by atoms with Crippen LogP contribution in [0.2, 0.25) is 5.02 Å². The van der Waals surface area contributed by atoms with Gasteiger partial charge in [-0.05, 0) is 63.8 Å². The Hall–Kier alpha value is -3.14. The number of aromatic amines is 1. The van der Waals surface area contributed by atoms with Crippen LogP contribution in [-0.4, -0.2) is 83.6 Å². The highest BCUT2D eigenvalue weighted by atomic mass is 35.5. The molecule has 1 saturated carbocycles. The molecule has 4 heterocycles. The number of rotatable bonds is 6. The van der Waals surface area contributed by atoms with Crippen molar-refractivity contribution in [3.63, 3.8) is 0 Å². The van der Waals surface area contributed by atoms with E-state index in [4.69, 9.17) is 31.0 Å². The molecule has 2 aliphatic heterocycles. The van der Waals surface area contributed by atoms with Gasteiger partial charge in [-0.1, -0.05) is 17.7 Å². The number of hydrogen-bond acceptors (Lipinski definition) is 8. The van der Waals surface area contributed by atoms with E-state index < -0.39 is 0 Å². The topological polar surface area (TPSA) is 91.4 Å². The molecule has 10 heteroatoms. The smallest absolute Gasteiger partial charge is 0.319 e. The van der Waals surface area contributed by atoms with E-state index in [1.165, 1.54) is 6.42 Å². The van der Waals surface area contributed by atoms with Crippen LogP contribution in [0.1, 0.15) is 37.7 Å². The van der Waals surface area contributed by atoms with Crippen LogP contribution in [0.25, 0.3) is 32.9 Å². The summed E-state index contributed by atoms with van der Waals surface area (Å²) >= 11 is 7.21. The highest BCUT2D eigenvalue weighted by Gasteiger charge is 2.30. The molecule has 0 bridgehead atoms. The average Bonchev–Trinajstić information content (AvgIpc) is 3.42. The normalized spacial score (nSPS) is 19.3. The van der Waals surface area contributed by atoms with E-state index in [2.05, 4.69) is 51.4 Å². The highest BCUT2D eigenvalue weighted by molar-refractivity contribution is 6.35. The lowest BCUT2D eigenvalue weighted by molar-refractivity contribution is 0.105. The molecule has 2 aromatic heterocycles. The van der Waals surface area contributed by atoms with Crippen LogP contribution in [0.4, 0.5) is 5.82 Å². The first kappa shape index (κ1) is 25.8. The first-order valence-corrected chi connectivity index (χ1v) is 14.9. The van der Waals surface area contributed by atoms with E-state index in [9.17, 15) is 0 Å². The number of H-pyrrole nitrogens is 1. The van der Waals surface area contributed by atoms with E-state index in [1.54, 1.807) is 0 Å². The van der Waals surface area contributed by atoms with E-state index in [1.807, 2.05) is 12.3 Å². The Kier molecular flexibility index (Phi) is 6.89. The summed E-state index contributed by atoms with van der Waals surface area (Å²) in [5.41, 5.74) is 4.71. The van der Waals surface area contributed by atoms with Crippen molar-refractivity contribution < 1.29 is 9.47 Å². The minimum absolute atomic E-state index is 0.0919. The van der Waals surface area contributed by atoms with Gasteiger partial charge in [0.1, 0.15) is 17.4 Å². The third-order valence-electron chi connectivity index (χ3n) is 8.63. The molecule has 0 amide bonds. The second-order valence-corrected chi connectivity index (χ2v) is 11.8. The summed E-state index contributed by atoms with van der Waals surface area (Å²) in [7, 11) is 2.16. The Morgan fingerprint density at radius 1 is 0.925 bits per heavy atom. The predicted octanol–water partition coefficient (Wildman–Crippen LogP) is 4.95. The second kappa shape index (κ2) is 10.7. The van der Waals surface area contributed by atoms with E-state index in [0.717, 1.165) is 115 Å². The van der Waals surface area contributed by atoms with Gasteiger partial charge in [0.15, 0.2) is 5.75 Å². The predicted molar refractivity (Wildman–Crippen MR) is 159 cm³/mol. The van der Waals surface area contributed by atoms with Crippen LogP contribution >= 0.6 is 11.6 Å². The molecule has 1 aliphatic carbocycles. The fraction of sp³-hybridized carbons (Fsp3) is 0.500. The lowest BCUT2D eigenvalue weighted by Gasteiger charge is -2.32. The Morgan fingerprint density at radius 3 is 2.45 bits per heavy atom. The number of aryl methyl sites for hydroxylation is 1. The lowest BCUT2D eigenvalue weighted by atomic mass is 9.93. The molecule has 40 heavy (non-hydrogen) atoms. The Balaban J connectivity index is 1.45. The number of halogens is 1. The van der Waals surface area contributed by atoms with Crippen LogP contribution in [0.5, 0.6) is 11.8 Å². The minimum Gasteiger partial charge on any atom is -0.487 e. The van der Waals surface area contributed by atoms with Crippen molar-refractivity contribution in [2.24, 2.45) is 0 Å². The van der Waals surface area contributed by atoms with Crippen molar-refractivity contribution in [3.8, 4) is 22.9 Å². The molecule has 3 aliphatic rings. The van der Waals surface area contributed by atoms with Crippen molar-refractivity contribution >= 4 is 39.2 Å². The second-order valence-electron chi connectivity index (χ2n) is 11.4. The number of piperazine rings is 1. The SMILES string of the molecule is Cc1ccc2[nH]ncc2c1-c1c(Cl)cc2c(N3CCNCC3)nc(OC3CCN(C)CC3)nc2c1OC1CCC1. The molecule has 0 spiro atoms. The first-order chi connectivity index (χ1) is 19.5. The molecule has 210 valence electrons. The molecule has 2 saturated heterocycles. The fourth-order valence-electron chi connectivity index (χ4n) is 6.05. The van der Waals surface area contributed by atoms with Gasteiger partial charge >= 0.3 is 6.01 Å². The maximum Gasteiger partial charge on any atom is 0.319 e. The number of fused-ring (bicyclic) bond motifs is 2. The first-order valence-electron chi connectivity index (χ1n) is 14.5. The van der Waals surface area contributed by atoms with E-state index in [0.29, 0.717) is 11.0 Å². The van der Waals surface area contributed by atoms with Crippen LogP contribution in [-0.2, 0) is 0 Å². The monoisotopic (exact) mass is 561 g/mol. The zero-order valence-corrected chi connectivity index (χ0v) is 23.9. The Morgan fingerprint density at radius 2 is 1.70 bits per heavy atom. The standard InChI is InChI=1S/C30H36ClN7O2/c1-18-6-7-24-22(17-33-36-24)25(18)26-23(31)16-21-27(28(26)39-19-4-3-5-19)34-30(40-20-8-12-37(2)13-9-20)35-29(21)38-14-10-32-11-15-38/h6-7,16-17,19-20,32H,3-5,8-15H2,1-2H3,(H,33,36). The number of likely N-dealkylation sites (tertiary alicyclic amines) is 1. The third kappa shape index (κ3) is 4.74. The molecule has 0 atom stereocenters. The van der Waals surface area contributed by atoms with Crippen molar-refractivity contribution in [1.29, 1.82) is 0 Å². The fourth-order valence-corrected chi connectivity index (χ4v) is 6.34. The molecule has 7 rings (SSSR count). The van der Waals surface area contributed by atoms with Gasteiger partial charge in [0.25, 0.3) is 0 Å². The van der Waals surface area contributed by atoms with Gasteiger partial charge in [0.2, 0.25) is 0 Å². The van der Waals surface area contributed by atoms with Crippen LogP contribution in [0, 0.1) is 6.92 Å². The van der Waals surface area contributed by atoms with Crippen molar-refractivity contribution in [1.82, 2.24) is 30.4 Å². The van der Waals surface area contributed by atoms with Gasteiger partial charge in [-0.15, -0.1) is 0 Å². The molecule has 0 radical (unpaired) electrons. The molecule has 4 aromatic rings. The van der Waals surface area contributed by atoms with Crippen molar-refractivity contribution in [2.45, 2.75) is 51.2 Å². The van der Waals surface area contributed by atoms with Gasteiger partial charge < -0.3 is 24.6 Å². The minimum atomic E-state index is 0.0919. The number of aromatic nitrogens is 4. The number of piperidine rings is 1. The molecule has 0 unspecified atom stereocenters. The summed E-state index contributed by atoms with van der Waals surface area (Å²) in [6.45, 7) is 7.62. The summed E-state index contributed by atoms with van der Waals surface area (Å²) < 4.78 is 13.3. The van der Waals surface area contributed by atoms with Gasteiger partial charge in [0.05, 0.1) is 22.8 Å². The summed E-state index contributed by atoms with van der Waals surface area (Å²) in [6.07, 6.45) is 7.23. The van der Waals surface area contributed by atoms with Gasteiger partial charge in [0, 0.05) is 61.2 Å². The maximum atomic E-state index is 7.21. The Bertz CT molecular complexity index is 1540. The molecule has 2 N–H and O–H groups in total. The van der Waals surface area contributed by atoms with Gasteiger partial charge in [-0.3, -0.25) is 5.10 Å². The van der Waals surface area contributed by atoms with Crippen LogP contribution < -0.4 is 19.7 Å². The van der Waals surface area contributed by atoms with E-state index in [-0.39, 0.29) is 12.2 Å². The number of benzene rings is 2. The summed E-state index contributed by atoms with van der Waals surface area (Å²) in [5.74, 6) is 1.58. The maximum absolute atomic E-state index is 7.21. The zero-order valence-electron chi connectivity index (χ0n) is 23.2.